The van der Waals surface area contributed by atoms with E-state index in [9.17, 15) is 9.18 Å². The number of carbonyl (C=O) groups excluding carboxylic acids is 1. The predicted molar refractivity (Wildman–Crippen MR) is 66.8 cm³/mol. The van der Waals surface area contributed by atoms with Crippen LogP contribution in [0.15, 0.2) is 22.7 Å². The van der Waals surface area contributed by atoms with Crippen LogP contribution in [0.25, 0.3) is 0 Å². The lowest BCUT2D eigenvalue weighted by molar-refractivity contribution is -0.0447. The number of carbonyl (C=O) groups is 1. The molecule has 1 amide bonds. The Hall–Kier alpha value is -0.980. The summed E-state index contributed by atoms with van der Waals surface area (Å²) in [5, 5.41) is 9.03. The van der Waals surface area contributed by atoms with Gasteiger partial charge in [-0.15, -0.1) is 0 Å². The van der Waals surface area contributed by atoms with Crippen LogP contribution in [0.1, 0.15) is 10.4 Å². The monoisotopic (exact) mass is 317 g/mol. The number of rotatable bonds is 2. The van der Waals surface area contributed by atoms with Gasteiger partial charge in [0, 0.05) is 17.6 Å². The Morgan fingerprint density at radius 2 is 2.39 bits per heavy atom. The first-order chi connectivity index (χ1) is 8.61. The molecule has 2 rings (SSSR count). The highest BCUT2D eigenvalue weighted by molar-refractivity contribution is 9.10. The molecule has 18 heavy (non-hydrogen) atoms. The van der Waals surface area contributed by atoms with Crippen molar-refractivity contribution in [3.63, 3.8) is 0 Å². The maximum Gasteiger partial charge on any atom is 0.255 e. The Bertz CT molecular complexity index is 455. The van der Waals surface area contributed by atoms with Gasteiger partial charge in [0.2, 0.25) is 0 Å². The summed E-state index contributed by atoms with van der Waals surface area (Å²) in [5.41, 5.74) is 0.286. The van der Waals surface area contributed by atoms with Crippen LogP contribution in [0, 0.1) is 5.82 Å². The lowest BCUT2D eigenvalue weighted by Crippen LogP contribution is -2.47. The standard InChI is InChI=1S/C12H13BrFNO3/c13-11-2-1-8(14)5-10(11)12(17)15-3-4-18-9(6-15)7-16/h1-2,5,9,16H,3-4,6-7H2. The number of morpholine rings is 1. The molecule has 6 heteroatoms. The second-order valence-corrected chi connectivity index (χ2v) is 4.91. The Kier molecular flexibility index (Phi) is 4.31. The highest BCUT2D eigenvalue weighted by Gasteiger charge is 2.25. The topological polar surface area (TPSA) is 49.8 Å². The zero-order chi connectivity index (χ0) is 13.1. The van der Waals surface area contributed by atoms with E-state index in [1.807, 2.05) is 0 Å². The minimum atomic E-state index is -0.450. The second kappa shape index (κ2) is 5.77. The quantitative estimate of drug-likeness (QED) is 0.897. The van der Waals surface area contributed by atoms with Crippen LogP contribution in [0.2, 0.25) is 0 Å². The highest BCUT2D eigenvalue weighted by Crippen LogP contribution is 2.20. The Morgan fingerprint density at radius 1 is 1.61 bits per heavy atom. The first kappa shape index (κ1) is 13.5. The van der Waals surface area contributed by atoms with Gasteiger partial charge in [-0.1, -0.05) is 0 Å². The molecule has 4 nitrogen and oxygen atoms in total. The SMILES string of the molecule is O=C(c1cc(F)ccc1Br)N1CCOC(CO)C1. The molecule has 1 aromatic rings. The Morgan fingerprint density at radius 3 is 3.11 bits per heavy atom. The fourth-order valence-electron chi connectivity index (χ4n) is 1.85. The minimum Gasteiger partial charge on any atom is -0.394 e. The molecule has 1 saturated heterocycles. The third kappa shape index (κ3) is 2.88. The lowest BCUT2D eigenvalue weighted by atomic mass is 10.1. The molecule has 1 aliphatic rings. The summed E-state index contributed by atoms with van der Waals surface area (Å²) in [6.45, 7) is 1.01. The number of ether oxygens (including phenoxy) is 1. The van der Waals surface area contributed by atoms with E-state index in [0.717, 1.165) is 0 Å². The molecule has 98 valence electrons. The number of hydrogen-bond donors (Lipinski definition) is 1. The second-order valence-electron chi connectivity index (χ2n) is 4.05. The van der Waals surface area contributed by atoms with E-state index in [1.165, 1.54) is 18.2 Å². The van der Waals surface area contributed by atoms with E-state index in [0.29, 0.717) is 24.2 Å². The third-order valence-corrected chi connectivity index (χ3v) is 3.48. The summed E-state index contributed by atoms with van der Waals surface area (Å²) in [4.78, 5) is 13.8. The molecule has 1 aromatic carbocycles. The van der Waals surface area contributed by atoms with Crippen LogP contribution < -0.4 is 0 Å². The van der Waals surface area contributed by atoms with Crippen LogP contribution in [-0.4, -0.2) is 48.3 Å². The van der Waals surface area contributed by atoms with Gasteiger partial charge >= 0.3 is 0 Å². The molecule has 1 heterocycles. The van der Waals surface area contributed by atoms with Crippen molar-refractivity contribution in [1.82, 2.24) is 4.90 Å². The van der Waals surface area contributed by atoms with Crippen LogP contribution in [0.5, 0.6) is 0 Å². The molecule has 0 aliphatic carbocycles. The average molecular weight is 318 g/mol. The van der Waals surface area contributed by atoms with E-state index in [4.69, 9.17) is 9.84 Å². The van der Waals surface area contributed by atoms with Crippen molar-refractivity contribution in [2.75, 3.05) is 26.3 Å². The molecule has 1 unspecified atom stereocenters. The molecule has 0 radical (unpaired) electrons. The number of aliphatic hydroxyl groups is 1. The Labute approximate surface area is 112 Å². The summed E-state index contributed by atoms with van der Waals surface area (Å²) in [6.07, 6.45) is -0.366. The van der Waals surface area contributed by atoms with Gasteiger partial charge in [-0.3, -0.25) is 4.79 Å². The molecule has 0 aromatic heterocycles. The van der Waals surface area contributed by atoms with E-state index in [-0.39, 0.29) is 24.2 Å². The number of benzene rings is 1. The summed E-state index contributed by atoms with van der Waals surface area (Å²) < 4.78 is 19.0. The molecule has 1 fully saturated rings. The molecular formula is C12H13BrFNO3. The number of amides is 1. The number of hydrogen-bond acceptors (Lipinski definition) is 3. The van der Waals surface area contributed by atoms with Crippen molar-refractivity contribution < 1.29 is 19.0 Å². The fourth-order valence-corrected chi connectivity index (χ4v) is 2.26. The van der Waals surface area contributed by atoms with E-state index in [2.05, 4.69) is 15.9 Å². The van der Waals surface area contributed by atoms with Crippen molar-refractivity contribution in [2.24, 2.45) is 0 Å². The zero-order valence-corrected chi connectivity index (χ0v) is 11.2. The van der Waals surface area contributed by atoms with Gasteiger partial charge in [0.05, 0.1) is 24.9 Å². The number of aliphatic hydroxyl groups excluding tert-OH is 1. The van der Waals surface area contributed by atoms with Crippen LogP contribution in [0.3, 0.4) is 0 Å². The lowest BCUT2D eigenvalue weighted by Gasteiger charge is -2.32. The zero-order valence-electron chi connectivity index (χ0n) is 9.60. The fraction of sp³-hybridized carbons (Fsp3) is 0.417. The van der Waals surface area contributed by atoms with Gasteiger partial charge in [0.15, 0.2) is 0 Å². The number of nitrogens with zero attached hydrogens (tertiary/aromatic N) is 1. The molecular weight excluding hydrogens is 305 g/mol. The number of halogens is 2. The maximum absolute atomic E-state index is 13.2. The van der Waals surface area contributed by atoms with E-state index >= 15 is 0 Å². The molecule has 0 saturated carbocycles. The van der Waals surface area contributed by atoms with Gasteiger partial charge in [-0.2, -0.15) is 0 Å². The summed E-state index contributed by atoms with van der Waals surface area (Å²) in [5.74, 6) is -0.711. The summed E-state index contributed by atoms with van der Waals surface area (Å²) in [6, 6.07) is 4.00. The van der Waals surface area contributed by atoms with Crippen LogP contribution in [-0.2, 0) is 4.74 Å². The maximum atomic E-state index is 13.2. The molecule has 0 bridgehead atoms. The largest absolute Gasteiger partial charge is 0.394 e. The molecule has 1 N–H and O–H groups in total. The third-order valence-electron chi connectivity index (χ3n) is 2.79. The van der Waals surface area contributed by atoms with Gasteiger partial charge in [-0.25, -0.2) is 4.39 Å². The first-order valence-corrected chi connectivity index (χ1v) is 6.38. The minimum absolute atomic E-state index is 0.131. The van der Waals surface area contributed by atoms with Gasteiger partial charge in [0.1, 0.15) is 5.82 Å². The molecule has 1 aliphatic heterocycles. The van der Waals surface area contributed by atoms with Gasteiger partial charge in [0.25, 0.3) is 5.91 Å². The summed E-state index contributed by atoms with van der Waals surface area (Å²) in [7, 11) is 0. The summed E-state index contributed by atoms with van der Waals surface area (Å²) >= 11 is 3.24. The van der Waals surface area contributed by atoms with Crippen molar-refractivity contribution in [3.8, 4) is 0 Å². The molecule has 1 atom stereocenters. The first-order valence-electron chi connectivity index (χ1n) is 5.58. The average Bonchev–Trinajstić information content (AvgIpc) is 2.41. The predicted octanol–water partition coefficient (Wildman–Crippen LogP) is 1.42. The van der Waals surface area contributed by atoms with Crippen molar-refractivity contribution in [2.45, 2.75) is 6.10 Å². The molecule has 0 spiro atoms. The smallest absolute Gasteiger partial charge is 0.255 e. The van der Waals surface area contributed by atoms with E-state index in [1.54, 1.807) is 4.90 Å². The van der Waals surface area contributed by atoms with Crippen molar-refractivity contribution >= 4 is 21.8 Å². The normalized spacial score (nSPS) is 19.9. The van der Waals surface area contributed by atoms with Crippen LogP contribution in [0.4, 0.5) is 4.39 Å². The van der Waals surface area contributed by atoms with Crippen molar-refractivity contribution in [1.29, 1.82) is 0 Å². The van der Waals surface area contributed by atoms with E-state index < -0.39 is 5.82 Å². The highest BCUT2D eigenvalue weighted by atomic mass is 79.9. The van der Waals surface area contributed by atoms with Crippen molar-refractivity contribution in [3.05, 3.63) is 34.1 Å². The Balaban J connectivity index is 2.17. The van der Waals surface area contributed by atoms with Gasteiger partial charge < -0.3 is 14.7 Å². The van der Waals surface area contributed by atoms with Gasteiger partial charge in [-0.05, 0) is 34.1 Å². The van der Waals surface area contributed by atoms with Crippen LogP contribution >= 0.6 is 15.9 Å².